The van der Waals surface area contributed by atoms with Gasteiger partial charge in [-0.05, 0) is 59.4 Å². The molecule has 0 aromatic heterocycles. The van der Waals surface area contributed by atoms with E-state index in [0.29, 0.717) is 0 Å². The molecule has 3 nitrogen and oxygen atoms in total. The first-order valence-electron chi connectivity index (χ1n) is 6.38. The standard InChI is InChI=1S/C12H25N3/c1-14(2)8-3-9-15-11-4-5-12(15)10-13-7-6-11/h11-13H,3-10H2,1-2H3. The lowest BCUT2D eigenvalue weighted by atomic mass is 10.1. The van der Waals surface area contributed by atoms with Crippen LogP contribution in [0.4, 0.5) is 0 Å². The molecule has 2 atom stereocenters. The fourth-order valence-electron chi connectivity index (χ4n) is 3.02. The summed E-state index contributed by atoms with van der Waals surface area (Å²) in [6, 6.07) is 1.71. The van der Waals surface area contributed by atoms with Crippen LogP contribution < -0.4 is 5.32 Å². The van der Waals surface area contributed by atoms with E-state index in [2.05, 4.69) is 29.2 Å². The molecule has 0 amide bonds. The first-order valence-corrected chi connectivity index (χ1v) is 6.38. The number of nitrogens with zero attached hydrogens (tertiary/aromatic N) is 2. The van der Waals surface area contributed by atoms with Gasteiger partial charge in [0.05, 0.1) is 0 Å². The molecule has 0 aromatic rings. The minimum Gasteiger partial charge on any atom is -0.315 e. The molecule has 1 N–H and O–H groups in total. The SMILES string of the molecule is CN(C)CCCN1C2CCNCC1CC2. The Bertz CT molecular complexity index is 179. The molecule has 2 heterocycles. The van der Waals surface area contributed by atoms with Gasteiger partial charge in [-0.3, -0.25) is 4.90 Å². The average molecular weight is 211 g/mol. The highest BCUT2D eigenvalue weighted by molar-refractivity contribution is 4.91. The van der Waals surface area contributed by atoms with E-state index < -0.39 is 0 Å². The molecule has 2 aliphatic heterocycles. The summed E-state index contributed by atoms with van der Waals surface area (Å²) in [5.41, 5.74) is 0. The molecular formula is C12H25N3. The van der Waals surface area contributed by atoms with Gasteiger partial charge in [-0.15, -0.1) is 0 Å². The van der Waals surface area contributed by atoms with Crippen molar-refractivity contribution < 1.29 is 0 Å². The van der Waals surface area contributed by atoms with Crippen molar-refractivity contribution in [3.8, 4) is 0 Å². The number of hydrogen-bond acceptors (Lipinski definition) is 3. The van der Waals surface area contributed by atoms with Crippen molar-refractivity contribution in [2.24, 2.45) is 0 Å². The molecule has 88 valence electrons. The van der Waals surface area contributed by atoms with Gasteiger partial charge in [0.2, 0.25) is 0 Å². The van der Waals surface area contributed by atoms with Gasteiger partial charge in [-0.1, -0.05) is 0 Å². The second-order valence-electron chi connectivity index (χ2n) is 5.27. The molecule has 0 radical (unpaired) electrons. The number of hydrogen-bond donors (Lipinski definition) is 1. The van der Waals surface area contributed by atoms with Crippen LogP contribution in [0.15, 0.2) is 0 Å². The van der Waals surface area contributed by atoms with Gasteiger partial charge in [0.15, 0.2) is 0 Å². The molecule has 2 saturated heterocycles. The quantitative estimate of drug-likeness (QED) is 0.741. The van der Waals surface area contributed by atoms with Crippen molar-refractivity contribution >= 4 is 0 Å². The second-order valence-corrected chi connectivity index (χ2v) is 5.27. The first-order chi connectivity index (χ1) is 7.27. The Balaban J connectivity index is 1.79. The number of nitrogens with one attached hydrogen (secondary N) is 1. The average Bonchev–Trinajstić information content (AvgIpc) is 2.39. The van der Waals surface area contributed by atoms with Crippen LogP contribution in [-0.2, 0) is 0 Å². The van der Waals surface area contributed by atoms with E-state index in [1.807, 2.05) is 0 Å². The van der Waals surface area contributed by atoms with Crippen molar-refractivity contribution in [3.63, 3.8) is 0 Å². The molecule has 15 heavy (non-hydrogen) atoms. The normalized spacial score (nSPS) is 32.2. The second kappa shape index (κ2) is 5.28. The summed E-state index contributed by atoms with van der Waals surface area (Å²) in [6.07, 6.45) is 5.53. The van der Waals surface area contributed by atoms with Gasteiger partial charge in [-0.25, -0.2) is 0 Å². The highest BCUT2D eigenvalue weighted by atomic mass is 15.2. The Hall–Kier alpha value is -0.120. The van der Waals surface area contributed by atoms with Crippen molar-refractivity contribution in [1.82, 2.24) is 15.1 Å². The molecule has 2 rings (SSSR count). The first kappa shape index (κ1) is 11.4. The highest BCUT2D eigenvalue weighted by Gasteiger charge is 2.33. The molecule has 0 aromatic carbocycles. The van der Waals surface area contributed by atoms with Gasteiger partial charge >= 0.3 is 0 Å². The van der Waals surface area contributed by atoms with E-state index in [9.17, 15) is 0 Å². The Labute approximate surface area is 93.8 Å². The van der Waals surface area contributed by atoms with Gasteiger partial charge in [-0.2, -0.15) is 0 Å². The van der Waals surface area contributed by atoms with Crippen LogP contribution in [0.25, 0.3) is 0 Å². The molecule has 2 unspecified atom stereocenters. The molecule has 0 aliphatic carbocycles. The van der Waals surface area contributed by atoms with Crippen LogP contribution in [0.1, 0.15) is 25.7 Å². The fraction of sp³-hybridized carbons (Fsp3) is 1.00. The molecule has 2 aliphatic rings. The Morgan fingerprint density at radius 2 is 2.00 bits per heavy atom. The zero-order chi connectivity index (χ0) is 10.7. The third-order valence-corrected chi connectivity index (χ3v) is 3.83. The highest BCUT2D eigenvalue weighted by Crippen LogP contribution is 2.27. The smallest absolute Gasteiger partial charge is 0.0224 e. The summed E-state index contributed by atoms with van der Waals surface area (Å²) >= 11 is 0. The number of fused-ring (bicyclic) bond motifs is 2. The third-order valence-electron chi connectivity index (χ3n) is 3.83. The van der Waals surface area contributed by atoms with E-state index in [1.54, 1.807) is 0 Å². The molecule has 2 fully saturated rings. The maximum Gasteiger partial charge on any atom is 0.0224 e. The molecular weight excluding hydrogens is 186 g/mol. The van der Waals surface area contributed by atoms with Crippen LogP contribution in [0, 0.1) is 0 Å². The van der Waals surface area contributed by atoms with E-state index in [-0.39, 0.29) is 0 Å². The largest absolute Gasteiger partial charge is 0.315 e. The summed E-state index contributed by atoms with van der Waals surface area (Å²) in [4.78, 5) is 5.06. The maximum atomic E-state index is 3.56. The lowest BCUT2D eigenvalue weighted by Crippen LogP contribution is -2.39. The van der Waals surface area contributed by atoms with Crippen molar-refractivity contribution in [1.29, 1.82) is 0 Å². The molecule has 0 spiro atoms. The van der Waals surface area contributed by atoms with Crippen LogP contribution in [-0.4, -0.2) is 62.2 Å². The molecule has 3 heteroatoms. The van der Waals surface area contributed by atoms with E-state index in [1.165, 1.54) is 51.9 Å². The summed E-state index contributed by atoms with van der Waals surface area (Å²) in [5, 5.41) is 3.56. The van der Waals surface area contributed by atoms with Gasteiger partial charge < -0.3 is 10.2 Å². The van der Waals surface area contributed by atoms with Crippen LogP contribution in [0.2, 0.25) is 0 Å². The molecule has 0 saturated carbocycles. The predicted molar refractivity (Wildman–Crippen MR) is 64.2 cm³/mol. The van der Waals surface area contributed by atoms with Gasteiger partial charge in [0.25, 0.3) is 0 Å². The summed E-state index contributed by atoms with van der Waals surface area (Å²) in [7, 11) is 4.33. The third kappa shape index (κ3) is 2.92. The van der Waals surface area contributed by atoms with Gasteiger partial charge in [0, 0.05) is 18.6 Å². The fourth-order valence-corrected chi connectivity index (χ4v) is 3.02. The maximum absolute atomic E-state index is 3.56. The topological polar surface area (TPSA) is 18.5 Å². The zero-order valence-corrected chi connectivity index (χ0v) is 10.2. The van der Waals surface area contributed by atoms with Crippen LogP contribution in [0.3, 0.4) is 0 Å². The van der Waals surface area contributed by atoms with Crippen LogP contribution in [0.5, 0.6) is 0 Å². The Morgan fingerprint density at radius 1 is 1.20 bits per heavy atom. The minimum atomic E-state index is 0.833. The lowest BCUT2D eigenvalue weighted by molar-refractivity contribution is 0.192. The summed E-state index contributed by atoms with van der Waals surface area (Å²) in [5.74, 6) is 0. The summed E-state index contributed by atoms with van der Waals surface area (Å²) in [6.45, 7) is 4.97. The van der Waals surface area contributed by atoms with Crippen molar-refractivity contribution in [2.75, 3.05) is 40.3 Å². The van der Waals surface area contributed by atoms with E-state index in [4.69, 9.17) is 0 Å². The van der Waals surface area contributed by atoms with E-state index in [0.717, 1.165) is 12.1 Å². The number of rotatable bonds is 4. The summed E-state index contributed by atoms with van der Waals surface area (Å²) < 4.78 is 0. The van der Waals surface area contributed by atoms with Crippen LogP contribution >= 0.6 is 0 Å². The van der Waals surface area contributed by atoms with E-state index >= 15 is 0 Å². The minimum absolute atomic E-state index is 0.833. The molecule has 2 bridgehead atoms. The predicted octanol–water partition coefficient (Wildman–Crippen LogP) is 0.764. The monoisotopic (exact) mass is 211 g/mol. The lowest BCUT2D eigenvalue weighted by Gasteiger charge is -2.27. The Kier molecular flexibility index (Phi) is 4.00. The zero-order valence-electron chi connectivity index (χ0n) is 10.2. The van der Waals surface area contributed by atoms with Crippen molar-refractivity contribution in [2.45, 2.75) is 37.8 Å². The van der Waals surface area contributed by atoms with Crippen molar-refractivity contribution in [3.05, 3.63) is 0 Å². The Morgan fingerprint density at radius 3 is 2.80 bits per heavy atom. The van der Waals surface area contributed by atoms with Gasteiger partial charge in [0.1, 0.15) is 0 Å².